The lowest BCUT2D eigenvalue weighted by atomic mass is 9.82. The minimum Gasteiger partial charge on any atom is -0.373 e. The topological polar surface area (TPSA) is 57.0 Å². The molecule has 2 aromatic heterocycles. The highest BCUT2D eigenvalue weighted by atomic mass is 16.5. The molecular weight excluding hydrogens is 266 g/mol. The molecule has 0 amide bonds. The molecule has 0 unspecified atom stereocenters. The van der Waals surface area contributed by atoms with Gasteiger partial charge < -0.3 is 4.74 Å². The molecule has 3 heterocycles. The van der Waals surface area contributed by atoms with Gasteiger partial charge in [0.15, 0.2) is 0 Å². The van der Waals surface area contributed by atoms with Gasteiger partial charge in [0.1, 0.15) is 0 Å². The maximum atomic E-state index is 12.6. The Labute approximate surface area is 123 Å². The summed E-state index contributed by atoms with van der Waals surface area (Å²) in [4.78, 5) is 21.0. The third-order valence-electron chi connectivity index (χ3n) is 4.93. The normalized spacial score (nSPS) is 24.7. The first-order valence-corrected chi connectivity index (χ1v) is 7.72. The summed E-state index contributed by atoms with van der Waals surface area (Å²) < 4.78 is 7.86. The molecule has 1 aliphatic carbocycles. The van der Waals surface area contributed by atoms with Crippen molar-refractivity contribution >= 4 is 10.9 Å². The predicted molar refractivity (Wildman–Crippen MR) is 79.2 cm³/mol. The number of hydrogen-bond donors (Lipinski definition) is 0. The fourth-order valence-electron chi connectivity index (χ4n) is 3.78. The minimum absolute atomic E-state index is 0.00504. The van der Waals surface area contributed by atoms with E-state index in [0.29, 0.717) is 17.5 Å². The third kappa shape index (κ3) is 2.16. The molecule has 1 aliphatic heterocycles. The average molecular weight is 285 g/mol. The molecule has 0 bridgehead atoms. The van der Waals surface area contributed by atoms with Gasteiger partial charge in [-0.1, -0.05) is 19.3 Å². The number of pyridine rings is 1. The quantitative estimate of drug-likeness (QED) is 0.807. The van der Waals surface area contributed by atoms with Crippen LogP contribution in [0, 0.1) is 0 Å². The highest BCUT2D eigenvalue weighted by Crippen LogP contribution is 2.42. The van der Waals surface area contributed by atoms with Crippen LogP contribution in [0.1, 0.15) is 44.6 Å². The smallest absolute Gasteiger partial charge is 0.263 e. The van der Waals surface area contributed by atoms with Crippen molar-refractivity contribution in [1.29, 1.82) is 0 Å². The second kappa shape index (κ2) is 4.91. The van der Waals surface area contributed by atoms with E-state index in [1.807, 2.05) is 0 Å². The van der Waals surface area contributed by atoms with E-state index < -0.39 is 0 Å². The Morgan fingerprint density at radius 3 is 3.00 bits per heavy atom. The van der Waals surface area contributed by atoms with Crippen molar-refractivity contribution in [3.8, 4) is 0 Å². The van der Waals surface area contributed by atoms with Crippen LogP contribution in [0.2, 0.25) is 0 Å². The lowest BCUT2D eigenvalue weighted by Crippen LogP contribution is -2.31. The van der Waals surface area contributed by atoms with Crippen molar-refractivity contribution in [1.82, 2.24) is 14.5 Å². The van der Waals surface area contributed by atoms with E-state index in [4.69, 9.17) is 4.74 Å². The van der Waals surface area contributed by atoms with Crippen LogP contribution >= 0.6 is 0 Å². The Hall–Kier alpha value is -1.75. The lowest BCUT2D eigenvalue weighted by molar-refractivity contribution is -0.0248. The van der Waals surface area contributed by atoms with Crippen molar-refractivity contribution in [2.45, 2.75) is 50.2 Å². The Bertz CT molecular complexity index is 719. The van der Waals surface area contributed by atoms with E-state index >= 15 is 0 Å². The molecule has 1 atom stereocenters. The maximum absolute atomic E-state index is 12.6. The molecule has 110 valence electrons. The first kappa shape index (κ1) is 13.0. The molecular formula is C16H19N3O2. The Kier molecular flexibility index (Phi) is 3.03. The summed E-state index contributed by atoms with van der Waals surface area (Å²) in [5, 5.41) is 0.588. The molecule has 1 spiro atoms. The molecule has 2 aliphatic rings. The summed E-state index contributed by atoms with van der Waals surface area (Å²) in [5.41, 5.74) is 0.707. The number of hydrogen-bond acceptors (Lipinski definition) is 4. The van der Waals surface area contributed by atoms with Gasteiger partial charge in [0.05, 0.1) is 35.5 Å². The number of fused-ring (bicyclic) bond motifs is 1. The third-order valence-corrected chi connectivity index (χ3v) is 4.93. The van der Waals surface area contributed by atoms with Crippen molar-refractivity contribution in [3.05, 3.63) is 35.1 Å². The summed E-state index contributed by atoms with van der Waals surface area (Å²) in [6.45, 7) is 0.618. The van der Waals surface area contributed by atoms with E-state index in [1.54, 1.807) is 29.4 Å². The standard InChI is InChI=1S/C16H19N3O2/c20-15-13-9-17-7-4-14(13)18-11-19(15)12-8-16(21-10-12)5-2-1-3-6-16/h4,7,9,11-12H,1-3,5-6,8,10H2/t12-/m0/s1. The molecule has 2 fully saturated rings. The summed E-state index contributed by atoms with van der Waals surface area (Å²) >= 11 is 0. The van der Waals surface area contributed by atoms with E-state index in [9.17, 15) is 4.79 Å². The van der Waals surface area contributed by atoms with Crippen LogP contribution in [0.5, 0.6) is 0 Å². The van der Waals surface area contributed by atoms with Crippen molar-refractivity contribution in [2.75, 3.05) is 6.61 Å². The SMILES string of the molecule is O=c1c2cnccc2ncn1[C@@H]1COC2(CCCCC2)C1. The second-order valence-corrected chi connectivity index (χ2v) is 6.26. The molecule has 2 aromatic rings. The van der Waals surface area contributed by atoms with Gasteiger partial charge in [-0.05, 0) is 25.3 Å². The van der Waals surface area contributed by atoms with Gasteiger partial charge in [-0.2, -0.15) is 0 Å². The van der Waals surface area contributed by atoms with Gasteiger partial charge in [0.2, 0.25) is 0 Å². The average Bonchev–Trinajstić information content (AvgIpc) is 2.92. The fourth-order valence-corrected chi connectivity index (χ4v) is 3.78. The molecule has 0 aromatic carbocycles. The van der Waals surface area contributed by atoms with Crippen LogP contribution in [0.15, 0.2) is 29.6 Å². The predicted octanol–water partition coefficient (Wildman–Crippen LogP) is 2.46. The van der Waals surface area contributed by atoms with E-state index in [2.05, 4.69) is 9.97 Å². The van der Waals surface area contributed by atoms with Gasteiger partial charge >= 0.3 is 0 Å². The molecule has 1 saturated heterocycles. The number of aromatic nitrogens is 3. The van der Waals surface area contributed by atoms with Crippen LogP contribution in [-0.4, -0.2) is 26.7 Å². The lowest BCUT2D eigenvalue weighted by Gasteiger charge is -2.32. The van der Waals surface area contributed by atoms with Crippen molar-refractivity contribution in [3.63, 3.8) is 0 Å². The van der Waals surface area contributed by atoms with Gasteiger partial charge in [-0.15, -0.1) is 0 Å². The first-order valence-electron chi connectivity index (χ1n) is 7.72. The zero-order valence-corrected chi connectivity index (χ0v) is 12.0. The second-order valence-electron chi connectivity index (χ2n) is 6.26. The van der Waals surface area contributed by atoms with Gasteiger partial charge in [-0.3, -0.25) is 14.3 Å². The van der Waals surface area contributed by atoms with Crippen molar-refractivity contribution < 1.29 is 4.74 Å². The Balaban J connectivity index is 1.68. The van der Waals surface area contributed by atoms with Crippen LogP contribution < -0.4 is 5.56 Å². The summed E-state index contributed by atoms with van der Waals surface area (Å²) in [7, 11) is 0. The molecule has 4 rings (SSSR count). The highest BCUT2D eigenvalue weighted by Gasteiger charge is 2.42. The summed E-state index contributed by atoms with van der Waals surface area (Å²) in [5.74, 6) is 0. The molecule has 0 N–H and O–H groups in total. The van der Waals surface area contributed by atoms with Crippen LogP contribution in [0.25, 0.3) is 10.9 Å². The van der Waals surface area contributed by atoms with Gasteiger partial charge in [0.25, 0.3) is 5.56 Å². The molecule has 5 nitrogen and oxygen atoms in total. The maximum Gasteiger partial charge on any atom is 0.263 e. The van der Waals surface area contributed by atoms with Crippen LogP contribution in [0.3, 0.4) is 0 Å². The van der Waals surface area contributed by atoms with E-state index in [-0.39, 0.29) is 17.2 Å². The van der Waals surface area contributed by atoms with Crippen LogP contribution in [0.4, 0.5) is 0 Å². The fraction of sp³-hybridized carbons (Fsp3) is 0.562. The molecule has 5 heteroatoms. The number of nitrogens with zero attached hydrogens (tertiary/aromatic N) is 3. The first-order chi connectivity index (χ1) is 10.3. The molecule has 21 heavy (non-hydrogen) atoms. The number of ether oxygens (including phenoxy) is 1. The molecule has 0 radical (unpaired) electrons. The summed E-state index contributed by atoms with van der Waals surface area (Å²) in [6.07, 6.45) is 11.9. The monoisotopic (exact) mass is 285 g/mol. The molecule has 1 saturated carbocycles. The summed E-state index contributed by atoms with van der Waals surface area (Å²) in [6, 6.07) is 1.88. The Morgan fingerprint density at radius 2 is 2.14 bits per heavy atom. The largest absolute Gasteiger partial charge is 0.373 e. The van der Waals surface area contributed by atoms with Crippen LogP contribution in [-0.2, 0) is 4.74 Å². The van der Waals surface area contributed by atoms with Gasteiger partial charge in [-0.25, -0.2) is 4.98 Å². The van der Waals surface area contributed by atoms with Crippen molar-refractivity contribution in [2.24, 2.45) is 0 Å². The zero-order chi connectivity index (χ0) is 14.3. The van der Waals surface area contributed by atoms with E-state index in [1.165, 1.54) is 19.3 Å². The number of rotatable bonds is 1. The minimum atomic E-state index is -0.00504. The Morgan fingerprint density at radius 1 is 1.29 bits per heavy atom. The zero-order valence-electron chi connectivity index (χ0n) is 12.0. The highest BCUT2D eigenvalue weighted by molar-refractivity contribution is 5.75. The van der Waals surface area contributed by atoms with Gasteiger partial charge in [0, 0.05) is 12.4 Å². The van der Waals surface area contributed by atoms with E-state index in [0.717, 1.165) is 19.3 Å².